The predicted molar refractivity (Wildman–Crippen MR) is 154 cm³/mol. The maximum absolute atomic E-state index is 14.6. The zero-order valence-electron chi connectivity index (χ0n) is 23.4. The van der Waals surface area contributed by atoms with Crippen LogP contribution in [-0.2, 0) is 16.0 Å². The molecule has 1 aromatic heterocycles. The number of hydrogen-bond acceptors (Lipinski definition) is 8. The molecule has 12 heteroatoms. The lowest BCUT2D eigenvalue weighted by molar-refractivity contribution is -0.123. The van der Waals surface area contributed by atoms with Crippen LogP contribution in [0.2, 0.25) is 5.02 Å². The van der Waals surface area contributed by atoms with Crippen molar-refractivity contribution in [3.05, 3.63) is 47.0 Å². The molecule has 0 bridgehead atoms. The van der Waals surface area contributed by atoms with Gasteiger partial charge < -0.3 is 30.5 Å². The Morgan fingerprint density at radius 2 is 1.80 bits per heavy atom. The van der Waals surface area contributed by atoms with Crippen LogP contribution in [0.25, 0.3) is 0 Å². The number of hydrogen-bond donors (Lipinski definition) is 4. The third-order valence-electron chi connectivity index (χ3n) is 7.11. The Hall–Kier alpha value is -3.02. The molecule has 0 unspecified atom stereocenters. The van der Waals surface area contributed by atoms with E-state index in [0.29, 0.717) is 54.2 Å². The van der Waals surface area contributed by atoms with E-state index in [1.165, 1.54) is 6.07 Å². The SMILES string of the molecule is O=C(Cc1ccc(OCCCC2CCN(c3ncc(Cl)cn3)CC2)cc1F)NCCCCCC(=O)NC(CO)CO. The zero-order chi connectivity index (χ0) is 29.5. The molecule has 1 aliphatic heterocycles. The number of unbranched alkanes of at least 4 members (excludes halogenated alkanes) is 2. The van der Waals surface area contributed by atoms with Crippen molar-refractivity contribution >= 4 is 29.4 Å². The number of ether oxygens (including phenoxy) is 1. The van der Waals surface area contributed by atoms with Gasteiger partial charge in [-0.3, -0.25) is 9.59 Å². The van der Waals surface area contributed by atoms with Gasteiger partial charge in [0.2, 0.25) is 17.8 Å². The van der Waals surface area contributed by atoms with Crippen LogP contribution in [0.5, 0.6) is 5.75 Å². The minimum absolute atomic E-state index is 0.0576. The molecule has 4 N–H and O–H groups in total. The summed E-state index contributed by atoms with van der Waals surface area (Å²) < 4.78 is 20.3. The van der Waals surface area contributed by atoms with Gasteiger partial charge in [-0.2, -0.15) is 0 Å². The molecule has 2 heterocycles. The Morgan fingerprint density at radius 1 is 1.07 bits per heavy atom. The number of nitrogens with one attached hydrogen (secondary N) is 2. The lowest BCUT2D eigenvalue weighted by Crippen LogP contribution is -2.39. The summed E-state index contributed by atoms with van der Waals surface area (Å²) in [5.41, 5.74) is 0.310. The smallest absolute Gasteiger partial charge is 0.225 e. The van der Waals surface area contributed by atoms with Crippen LogP contribution < -0.4 is 20.3 Å². The van der Waals surface area contributed by atoms with Gasteiger partial charge >= 0.3 is 0 Å². The summed E-state index contributed by atoms with van der Waals surface area (Å²) in [4.78, 5) is 34.7. The van der Waals surface area contributed by atoms with Crippen LogP contribution >= 0.6 is 11.6 Å². The van der Waals surface area contributed by atoms with Gasteiger partial charge in [0.1, 0.15) is 11.6 Å². The van der Waals surface area contributed by atoms with Crippen LogP contribution in [0.4, 0.5) is 10.3 Å². The first kappa shape index (κ1) is 32.5. The van der Waals surface area contributed by atoms with Gasteiger partial charge in [-0.1, -0.05) is 24.1 Å². The summed E-state index contributed by atoms with van der Waals surface area (Å²) >= 11 is 5.87. The second-order valence-electron chi connectivity index (χ2n) is 10.3. The standard InChI is InChI=1S/C29H41ClFN5O5/c30-23-17-33-29(34-18-23)36-12-9-21(10-13-36)5-4-14-41-25-8-7-22(26(31)16-25)15-28(40)32-11-3-1-2-6-27(39)35-24(19-37)20-38/h7-8,16-18,21,24,37-38H,1-6,9-15,19-20H2,(H,32,40)(H,35,39). The molecular formula is C29H41ClFN5O5. The van der Waals surface area contributed by atoms with Crippen molar-refractivity contribution < 1.29 is 28.9 Å². The normalized spacial score (nSPS) is 13.8. The molecule has 2 amide bonds. The first-order valence-corrected chi connectivity index (χ1v) is 14.7. The summed E-state index contributed by atoms with van der Waals surface area (Å²) in [6, 6.07) is 3.97. The van der Waals surface area contributed by atoms with Crippen molar-refractivity contribution in [2.75, 3.05) is 44.4 Å². The maximum Gasteiger partial charge on any atom is 0.225 e. The Kier molecular flexibility index (Phi) is 14.0. The molecule has 10 nitrogen and oxygen atoms in total. The molecule has 41 heavy (non-hydrogen) atoms. The van der Waals surface area contributed by atoms with Crippen molar-refractivity contribution in [2.24, 2.45) is 5.92 Å². The Morgan fingerprint density at radius 3 is 2.49 bits per heavy atom. The highest BCUT2D eigenvalue weighted by Crippen LogP contribution is 2.25. The highest BCUT2D eigenvalue weighted by Gasteiger charge is 2.20. The Labute approximate surface area is 245 Å². The van der Waals surface area contributed by atoms with E-state index in [9.17, 15) is 14.0 Å². The van der Waals surface area contributed by atoms with E-state index >= 15 is 0 Å². The average molecular weight is 594 g/mol. The number of aromatic nitrogens is 2. The van der Waals surface area contributed by atoms with E-state index in [0.717, 1.165) is 45.2 Å². The minimum atomic E-state index is -0.639. The quantitative estimate of drug-likeness (QED) is 0.205. The molecule has 0 radical (unpaired) electrons. The molecule has 1 saturated heterocycles. The average Bonchev–Trinajstić information content (AvgIpc) is 2.98. The van der Waals surface area contributed by atoms with Gasteiger partial charge in [0, 0.05) is 32.1 Å². The number of amides is 2. The van der Waals surface area contributed by atoms with Crippen molar-refractivity contribution in [2.45, 2.75) is 63.8 Å². The van der Waals surface area contributed by atoms with E-state index in [-0.39, 0.29) is 37.9 Å². The third kappa shape index (κ3) is 11.8. The van der Waals surface area contributed by atoms with E-state index in [2.05, 4.69) is 25.5 Å². The fourth-order valence-electron chi connectivity index (χ4n) is 4.71. The van der Waals surface area contributed by atoms with E-state index in [4.69, 9.17) is 26.6 Å². The topological polar surface area (TPSA) is 137 Å². The number of piperidine rings is 1. The summed E-state index contributed by atoms with van der Waals surface area (Å²) in [5, 5.41) is 23.8. The summed E-state index contributed by atoms with van der Waals surface area (Å²) in [7, 11) is 0. The molecular weight excluding hydrogens is 553 g/mol. The second-order valence-corrected chi connectivity index (χ2v) is 10.8. The molecule has 2 aromatic rings. The molecule has 0 saturated carbocycles. The number of halogens is 2. The van der Waals surface area contributed by atoms with Gasteiger partial charge in [-0.15, -0.1) is 0 Å². The number of aliphatic hydroxyl groups excluding tert-OH is 2. The molecule has 1 fully saturated rings. The van der Waals surface area contributed by atoms with E-state index < -0.39 is 11.9 Å². The summed E-state index contributed by atoms with van der Waals surface area (Å²) in [6.07, 6.45) is 9.54. The van der Waals surface area contributed by atoms with Gasteiger partial charge in [0.25, 0.3) is 0 Å². The van der Waals surface area contributed by atoms with Gasteiger partial charge in [-0.25, -0.2) is 14.4 Å². The third-order valence-corrected chi connectivity index (χ3v) is 7.31. The molecule has 0 aliphatic carbocycles. The fourth-order valence-corrected chi connectivity index (χ4v) is 4.81. The van der Waals surface area contributed by atoms with Crippen molar-refractivity contribution in [3.8, 4) is 5.75 Å². The fraction of sp³-hybridized carbons (Fsp3) is 0.586. The molecule has 0 spiro atoms. The largest absolute Gasteiger partial charge is 0.493 e. The molecule has 226 valence electrons. The summed E-state index contributed by atoms with van der Waals surface area (Å²) in [5.74, 6) is 0.812. The number of anilines is 1. The van der Waals surface area contributed by atoms with Crippen LogP contribution in [0, 0.1) is 11.7 Å². The van der Waals surface area contributed by atoms with E-state index in [1.807, 2.05) is 0 Å². The molecule has 1 aliphatic rings. The molecule has 0 atom stereocenters. The van der Waals surface area contributed by atoms with Gasteiger partial charge in [0.15, 0.2) is 0 Å². The highest BCUT2D eigenvalue weighted by atomic mass is 35.5. The first-order chi connectivity index (χ1) is 19.9. The number of nitrogens with zero attached hydrogens (tertiary/aromatic N) is 3. The van der Waals surface area contributed by atoms with Gasteiger partial charge in [0.05, 0.1) is 49.7 Å². The van der Waals surface area contributed by atoms with Crippen LogP contribution in [0.15, 0.2) is 30.6 Å². The molecule has 3 rings (SSSR count). The highest BCUT2D eigenvalue weighted by molar-refractivity contribution is 6.30. The predicted octanol–water partition coefficient (Wildman–Crippen LogP) is 3.03. The monoisotopic (exact) mass is 593 g/mol. The Balaban J connectivity index is 1.25. The number of rotatable bonds is 17. The van der Waals surface area contributed by atoms with E-state index in [1.54, 1.807) is 24.5 Å². The first-order valence-electron chi connectivity index (χ1n) is 14.3. The van der Waals surface area contributed by atoms with Crippen LogP contribution in [-0.4, -0.2) is 77.5 Å². The van der Waals surface area contributed by atoms with Crippen molar-refractivity contribution in [3.63, 3.8) is 0 Å². The van der Waals surface area contributed by atoms with Crippen LogP contribution in [0.1, 0.15) is 56.9 Å². The van der Waals surface area contributed by atoms with Gasteiger partial charge in [-0.05, 0) is 56.1 Å². The van der Waals surface area contributed by atoms with Crippen molar-refractivity contribution in [1.82, 2.24) is 20.6 Å². The zero-order valence-corrected chi connectivity index (χ0v) is 24.1. The van der Waals surface area contributed by atoms with Crippen LogP contribution in [0.3, 0.4) is 0 Å². The molecule has 1 aromatic carbocycles. The number of benzene rings is 1. The maximum atomic E-state index is 14.6. The lowest BCUT2D eigenvalue weighted by Gasteiger charge is -2.31. The number of aliphatic hydroxyl groups is 2. The number of carbonyl (C=O) groups is 2. The Bertz CT molecular complexity index is 1080. The number of carbonyl (C=O) groups excluding carboxylic acids is 2. The minimum Gasteiger partial charge on any atom is -0.493 e. The summed E-state index contributed by atoms with van der Waals surface area (Å²) in [6.45, 7) is 2.14. The second kappa shape index (κ2) is 17.7. The lowest BCUT2D eigenvalue weighted by atomic mass is 9.92. The van der Waals surface area contributed by atoms with Crippen molar-refractivity contribution in [1.29, 1.82) is 0 Å².